The van der Waals surface area contributed by atoms with Crippen molar-refractivity contribution in [2.45, 2.75) is 13.8 Å². The Hall–Kier alpha value is -2.08. The second-order valence-corrected chi connectivity index (χ2v) is 5.48. The number of hydrogen-bond donors (Lipinski definition) is 0. The lowest BCUT2D eigenvalue weighted by molar-refractivity contribution is -0.145. The molecule has 0 aliphatic carbocycles. The summed E-state index contributed by atoms with van der Waals surface area (Å²) >= 11 is 0.833. The Morgan fingerprint density at radius 2 is 2.14 bits per heavy atom. The van der Waals surface area contributed by atoms with Crippen molar-refractivity contribution < 1.29 is 19.1 Å². The summed E-state index contributed by atoms with van der Waals surface area (Å²) in [6.07, 6.45) is 1.66. The van der Waals surface area contributed by atoms with Gasteiger partial charge in [-0.25, -0.2) is 0 Å². The average Bonchev–Trinajstić information content (AvgIpc) is 2.67. The summed E-state index contributed by atoms with van der Waals surface area (Å²) in [7, 11) is 0. The Morgan fingerprint density at radius 1 is 1.38 bits per heavy atom. The standard InChI is InChI=1S/C15H15NO4S/c1-3-20-13(17)9-16-14(18)12(21-15(16)19)8-11-6-4-5-10(2)7-11/h4-8H,3,9H2,1-2H3. The fraction of sp³-hybridized carbons (Fsp3) is 0.267. The molecule has 6 heteroatoms. The first-order chi connectivity index (χ1) is 10.0. The van der Waals surface area contributed by atoms with Gasteiger partial charge in [-0.05, 0) is 37.2 Å². The maximum absolute atomic E-state index is 12.2. The van der Waals surface area contributed by atoms with Crippen molar-refractivity contribution in [2.75, 3.05) is 13.2 Å². The fourth-order valence-corrected chi connectivity index (χ4v) is 2.72. The number of hydrogen-bond acceptors (Lipinski definition) is 5. The molecule has 1 aliphatic heterocycles. The molecule has 0 radical (unpaired) electrons. The number of benzene rings is 1. The average molecular weight is 305 g/mol. The topological polar surface area (TPSA) is 63.7 Å². The van der Waals surface area contributed by atoms with E-state index in [2.05, 4.69) is 0 Å². The molecule has 1 aliphatic rings. The minimum absolute atomic E-state index is 0.216. The minimum Gasteiger partial charge on any atom is -0.465 e. The highest BCUT2D eigenvalue weighted by molar-refractivity contribution is 8.18. The summed E-state index contributed by atoms with van der Waals surface area (Å²) in [4.78, 5) is 36.6. The molecule has 1 fully saturated rings. The van der Waals surface area contributed by atoms with Gasteiger partial charge < -0.3 is 4.74 Å². The first kappa shape index (κ1) is 15.3. The monoisotopic (exact) mass is 305 g/mol. The fourth-order valence-electron chi connectivity index (χ4n) is 1.88. The predicted molar refractivity (Wildman–Crippen MR) is 80.5 cm³/mol. The summed E-state index contributed by atoms with van der Waals surface area (Å²) in [6.45, 7) is 3.49. The molecule has 1 aromatic rings. The zero-order valence-electron chi connectivity index (χ0n) is 11.8. The summed E-state index contributed by atoms with van der Waals surface area (Å²) < 4.78 is 4.76. The Balaban J connectivity index is 2.16. The van der Waals surface area contributed by atoms with Crippen molar-refractivity contribution >= 4 is 35.0 Å². The Labute approximate surface area is 127 Å². The van der Waals surface area contributed by atoms with E-state index in [1.165, 1.54) is 0 Å². The smallest absolute Gasteiger partial charge is 0.326 e. The molecule has 110 valence electrons. The van der Waals surface area contributed by atoms with E-state index >= 15 is 0 Å². The highest BCUT2D eigenvalue weighted by Gasteiger charge is 2.36. The van der Waals surface area contributed by atoms with Gasteiger partial charge in [0.15, 0.2) is 0 Å². The van der Waals surface area contributed by atoms with Gasteiger partial charge in [0.2, 0.25) is 0 Å². The highest BCUT2D eigenvalue weighted by atomic mass is 32.2. The number of rotatable bonds is 4. The summed E-state index contributed by atoms with van der Waals surface area (Å²) in [5.41, 5.74) is 1.91. The van der Waals surface area contributed by atoms with Gasteiger partial charge in [-0.15, -0.1) is 0 Å². The molecular formula is C15H15NO4S. The van der Waals surface area contributed by atoms with E-state index in [4.69, 9.17) is 4.74 Å². The largest absolute Gasteiger partial charge is 0.465 e. The minimum atomic E-state index is -0.586. The lowest BCUT2D eigenvalue weighted by Gasteiger charge is -2.10. The molecule has 0 atom stereocenters. The van der Waals surface area contributed by atoms with E-state index in [0.29, 0.717) is 4.91 Å². The van der Waals surface area contributed by atoms with Crippen LogP contribution in [0.5, 0.6) is 0 Å². The van der Waals surface area contributed by atoms with Gasteiger partial charge in [0.1, 0.15) is 6.54 Å². The van der Waals surface area contributed by atoms with Crippen molar-refractivity contribution in [1.82, 2.24) is 4.90 Å². The quantitative estimate of drug-likeness (QED) is 0.632. The predicted octanol–water partition coefficient (Wildman–Crippen LogP) is 2.59. The molecule has 0 N–H and O–H groups in total. The molecule has 0 spiro atoms. The number of ether oxygens (including phenoxy) is 1. The third kappa shape index (κ3) is 3.72. The molecule has 1 heterocycles. The van der Waals surface area contributed by atoms with Gasteiger partial charge in [0, 0.05) is 0 Å². The SMILES string of the molecule is CCOC(=O)CN1C(=O)SC(=Cc2cccc(C)c2)C1=O. The molecular weight excluding hydrogens is 290 g/mol. The molecule has 21 heavy (non-hydrogen) atoms. The zero-order valence-corrected chi connectivity index (χ0v) is 12.6. The number of amides is 2. The van der Waals surface area contributed by atoms with E-state index < -0.39 is 17.1 Å². The molecule has 2 amide bonds. The van der Waals surface area contributed by atoms with Crippen LogP contribution in [0, 0.1) is 6.92 Å². The second kappa shape index (κ2) is 6.58. The van der Waals surface area contributed by atoms with Crippen molar-refractivity contribution in [3.8, 4) is 0 Å². The van der Waals surface area contributed by atoms with Gasteiger partial charge in [-0.1, -0.05) is 29.8 Å². The van der Waals surface area contributed by atoms with Crippen LogP contribution >= 0.6 is 11.8 Å². The van der Waals surface area contributed by atoms with Crippen LogP contribution in [0.4, 0.5) is 4.79 Å². The zero-order chi connectivity index (χ0) is 15.4. The third-order valence-corrected chi connectivity index (χ3v) is 3.71. The lowest BCUT2D eigenvalue weighted by Crippen LogP contribution is -2.34. The van der Waals surface area contributed by atoms with Crippen LogP contribution in [-0.2, 0) is 14.3 Å². The summed E-state index contributed by atoms with van der Waals surface area (Å²) in [5.74, 6) is -1.05. The van der Waals surface area contributed by atoms with Gasteiger partial charge >= 0.3 is 5.97 Å². The first-order valence-electron chi connectivity index (χ1n) is 6.49. The molecule has 5 nitrogen and oxygen atoms in total. The number of imide groups is 1. The lowest BCUT2D eigenvalue weighted by atomic mass is 10.1. The van der Waals surface area contributed by atoms with E-state index in [-0.39, 0.29) is 13.2 Å². The molecule has 2 rings (SSSR count). The first-order valence-corrected chi connectivity index (χ1v) is 7.30. The summed E-state index contributed by atoms with van der Waals surface area (Å²) in [6, 6.07) is 7.60. The molecule has 1 saturated heterocycles. The highest BCUT2D eigenvalue weighted by Crippen LogP contribution is 2.32. The van der Waals surface area contributed by atoms with Crippen LogP contribution in [0.25, 0.3) is 6.08 Å². The number of aryl methyl sites for hydroxylation is 1. The Kier molecular flexibility index (Phi) is 4.80. The number of nitrogens with zero attached hydrogens (tertiary/aromatic N) is 1. The second-order valence-electron chi connectivity index (χ2n) is 4.49. The van der Waals surface area contributed by atoms with E-state index in [1.54, 1.807) is 13.0 Å². The normalized spacial score (nSPS) is 16.7. The Morgan fingerprint density at radius 3 is 2.81 bits per heavy atom. The van der Waals surface area contributed by atoms with E-state index in [9.17, 15) is 14.4 Å². The van der Waals surface area contributed by atoms with Gasteiger partial charge in [-0.3, -0.25) is 19.3 Å². The number of thioether (sulfide) groups is 1. The van der Waals surface area contributed by atoms with E-state index in [0.717, 1.165) is 27.8 Å². The van der Waals surface area contributed by atoms with Crippen LogP contribution in [0.15, 0.2) is 29.2 Å². The van der Waals surface area contributed by atoms with Crippen LogP contribution in [0.3, 0.4) is 0 Å². The summed E-state index contributed by atoms with van der Waals surface area (Å²) in [5, 5.41) is -0.452. The van der Waals surface area contributed by atoms with Gasteiger partial charge in [0.05, 0.1) is 11.5 Å². The van der Waals surface area contributed by atoms with E-state index in [1.807, 2.05) is 31.2 Å². The number of carbonyl (C=O) groups is 3. The van der Waals surface area contributed by atoms with Crippen LogP contribution in [-0.4, -0.2) is 35.2 Å². The maximum Gasteiger partial charge on any atom is 0.326 e. The molecule has 1 aromatic carbocycles. The third-order valence-electron chi connectivity index (χ3n) is 2.81. The molecule has 0 unspecified atom stereocenters. The van der Waals surface area contributed by atoms with Crippen molar-refractivity contribution in [2.24, 2.45) is 0 Å². The molecule has 0 saturated carbocycles. The number of carbonyl (C=O) groups excluding carboxylic acids is 3. The van der Waals surface area contributed by atoms with Crippen LogP contribution in [0.1, 0.15) is 18.1 Å². The van der Waals surface area contributed by atoms with Crippen LogP contribution < -0.4 is 0 Å². The van der Waals surface area contributed by atoms with Crippen molar-refractivity contribution in [3.63, 3.8) is 0 Å². The van der Waals surface area contributed by atoms with Gasteiger partial charge in [0.25, 0.3) is 11.1 Å². The maximum atomic E-state index is 12.2. The number of esters is 1. The van der Waals surface area contributed by atoms with Crippen LogP contribution in [0.2, 0.25) is 0 Å². The Bertz CT molecular complexity index is 624. The van der Waals surface area contributed by atoms with Crippen molar-refractivity contribution in [3.05, 3.63) is 40.3 Å². The van der Waals surface area contributed by atoms with Gasteiger partial charge in [-0.2, -0.15) is 0 Å². The van der Waals surface area contributed by atoms with Crippen molar-refractivity contribution in [1.29, 1.82) is 0 Å². The molecule has 0 bridgehead atoms. The molecule has 0 aromatic heterocycles.